The molecule has 0 aromatic heterocycles. The summed E-state index contributed by atoms with van der Waals surface area (Å²) in [6.45, 7) is 1.12. The maximum absolute atomic E-state index is 12.5. The molecule has 0 saturated carbocycles. The fourth-order valence-electron chi connectivity index (χ4n) is 2.99. The van der Waals surface area contributed by atoms with E-state index in [1.807, 2.05) is 23.1 Å². The molecule has 0 aliphatic carbocycles. The smallest absolute Gasteiger partial charge is 0.317 e. The lowest BCUT2D eigenvalue weighted by atomic mass is 10.0. The number of likely N-dealkylation sites (tertiary alicyclic amines) is 1. The Bertz CT molecular complexity index is 591. The van der Waals surface area contributed by atoms with Crippen molar-refractivity contribution in [2.75, 3.05) is 27.3 Å². The first-order valence-corrected chi connectivity index (χ1v) is 8.11. The highest BCUT2D eigenvalue weighted by Crippen LogP contribution is 2.38. The predicted molar refractivity (Wildman–Crippen MR) is 90.1 cm³/mol. The van der Waals surface area contributed by atoms with Gasteiger partial charge in [-0.15, -0.1) is 0 Å². The molecule has 1 aliphatic heterocycles. The third kappa shape index (κ3) is 4.31. The van der Waals surface area contributed by atoms with Crippen LogP contribution in [0.5, 0.6) is 11.5 Å². The van der Waals surface area contributed by atoms with E-state index >= 15 is 0 Å². The molecule has 1 saturated heterocycles. The number of benzene rings is 1. The maximum Gasteiger partial charge on any atom is 0.317 e. The number of hydrogen-bond acceptors (Lipinski definition) is 4. The van der Waals surface area contributed by atoms with Crippen LogP contribution in [-0.2, 0) is 4.79 Å². The van der Waals surface area contributed by atoms with Crippen LogP contribution in [0.3, 0.4) is 0 Å². The van der Waals surface area contributed by atoms with Crippen molar-refractivity contribution in [3.05, 3.63) is 23.8 Å². The quantitative estimate of drug-likeness (QED) is 0.743. The molecule has 1 aliphatic rings. The van der Waals surface area contributed by atoms with Gasteiger partial charge >= 0.3 is 6.03 Å². The molecule has 1 unspecified atom stereocenters. The zero-order chi connectivity index (χ0) is 17.5. The summed E-state index contributed by atoms with van der Waals surface area (Å²) in [5.74, 6) is 1.12. The van der Waals surface area contributed by atoms with Crippen LogP contribution in [0.15, 0.2) is 18.2 Å². The molecule has 132 valence electrons. The van der Waals surface area contributed by atoms with E-state index in [4.69, 9.17) is 15.2 Å². The number of carbonyl (C=O) groups excluding carboxylic acids is 2. The number of ether oxygens (including phenoxy) is 2. The van der Waals surface area contributed by atoms with Crippen LogP contribution in [0.2, 0.25) is 0 Å². The van der Waals surface area contributed by atoms with Crippen molar-refractivity contribution < 1.29 is 19.1 Å². The number of nitrogens with one attached hydrogen (secondary N) is 1. The number of primary amides is 1. The average molecular weight is 335 g/mol. The number of carbonyl (C=O) groups is 2. The molecule has 1 fully saturated rings. The lowest BCUT2D eigenvalue weighted by Gasteiger charge is -2.27. The number of hydrogen-bond donors (Lipinski definition) is 2. The molecule has 3 amide bonds. The number of nitrogens with two attached hydrogens (primary N) is 1. The Morgan fingerprint density at radius 3 is 2.79 bits per heavy atom. The molecule has 3 N–H and O–H groups in total. The van der Waals surface area contributed by atoms with Crippen LogP contribution in [0.4, 0.5) is 4.79 Å². The normalized spacial score (nSPS) is 16.8. The van der Waals surface area contributed by atoms with Crippen molar-refractivity contribution in [1.82, 2.24) is 10.2 Å². The minimum atomic E-state index is -0.357. The van der Waals surface area contributed by atoms with Crippen LogP contribution in [0, 0.1) is 0 Å². The minimum Gasteiger partial charge on any atom is -0.497 e. The predicted octanol–water partition coefficient (Wildman–Crippen LogP) is 1.82. The highest BCUT2D eigenvalue weighted by atomic mass is 16.5. The van der Waals surface area contributed by atoms with Crippen LogP contribution < -0.4 is 20.5 Å². The molecule has 1 aromatic carbocycles. The Kier molecular flexibility index (Phi) is 6.28. The number of rotatable bonds is 7. The van der Waals surface area contributed by atoms with Crippen LogP contribution >= 0.6 is 0 Å². The van der Waals surface area contributed by atoms with Gasteiger partial charge in [0.25, 0.3) is 0 Å². The Labute approximate surface area is 142 Å². The summed E-state index contributed by atoms with van der Waals surface area (Å²) >= 11 is 0. The van der Waals surface area contributed by atoms with Crippen molar-refractivity contribution >= 4 is 11.9 Å². The van der Waals surface area contributed by atoms with Crippen molar-refractivity contribution in [2.24, 2.45) is 5.73 Å². The van der Waals surface area contributed by atoms with Gasteiger partial charge in [0.15, 0.2) is 0 Å². The van der Waals surface area contributed by atoms with Gasteiger partial charge in [0.2, 0.25) is 5.91 Å². The van der Waals surface area contributed by atoms with E-state index in [1.165, 1.54) is 0 Å². The molecule has 0 radical (unpaired) electrons. The summed E-state index contributed by atoms with van der Waals surface area (Å²) < 4.78 is 10.7. The van der Waals surface area contributed by atoms with Gasteiger partial charge in [-0.05, 0) is 37.5 Å². The summed E-state index contributed by atoms with van der Waals surface area (Å²) in [7, 11) is 3.23. The van der Waals surface area contributed by atoms with Gasteiger partial charge < -0.3 is 25.4 Å². The van der Waals surface area contributed by atoms with Gasteiger partial charge in [-0.3, -0.25) is 4.79 Å². The highest BCUT2D eigenvalue weighted by Gasteiger charge is 2.32. The largest absolute Gasteiger partial charge is 0.497 e. The Morgan fingerprint density at radius 1 is 1.33 bits per heavy atom. The van der Waals surface area contributed by atoms with Crippen LogP contribution in [-0.4, -0.2) is 44.1 Å². The Morgan fingerprint density at radius 2 is 2.12 bits per heavy atom. The topological polar surface area (TPSA) is 93.9 Å². The monoisotopic (exact) mass is 335 g/mol. The van der Waals surface area contributed by atoms with Gasteiger partial charge in [0.05, 0.1) is 20.3 Å². The fourth-order valence-corrected chi connectivity index (χ4v) is 2.99. The molecular weight excluding hydrogens is 310 g/mol. The first kappa shape index (κ1) is 17.9. The summed E-state index contributed by atoms with van der Waals surface area (Å²) in [5, 5.41) is 2.85. The molecular formula is C17H25N3O4. The highest BCUT2D eigenvalue weighted by molar-refractivity contribution is 5.76. The van der Waals surface area contributed by atoms with E-state index in [9.17, 15) is 9.59 Å². The molecule has 1 heterocycles. The lowest BCUT2D eigenvalue weighted by molar-refractivity contribution is -0.118. The molecule has 0 spiro atoms. The maximum atomic E-state index is 12.5. The van der Waals surface area contributed by atoms with Crippen molar-refractivity contribution in [3.63, 3.8) is 0 Å². The van der Waals surface area contributed by atoms with Crippen LogP contribution in [0.25, 0.3) is 0 Å². The summed E-state index contributed by atoms with van der Waals surface area (Å²) in [6, 6.07) is 5.43. The molecule has 1 aromatic rings. The van der Waals surface area contributed by atoms with Gasteiger partial charge in [0.1, 0.15) is 11.5 Å². The third-order valence-electron chi connectivity index (χ3n) is 4.19. The standard InChI is InChI=1S/C17H25N3O4/c1-23-12-7-8-15(24-2)13(11-12)14-5-4-10-20(14)17(22)19-9-3-6-16(18)21/h7-8,11,14H,3-6,9-10H2,1-2H3,(H2,18,21)(H,19,22). The van der Waals surface area contributed by atoms with Crippen molar-refractivity contribution in [1.29, 1.82) is 0 Å². The van der Waals surface area contributed by atoms with E-state index in [1.54, 1.807) is 14.2 Å². The summed E-state index contributed by atoms with van der Waals surface area (Å²) in [4.78, 5) is 25.0. The summed E-state index contributed by atoms with van der Waals surface area (Å²) in [5.41, 5.74) is 6.05. The lowest BCUT2D eigenvalue weighted by Crippen LogP contribution is -2.40. The minimum absolute atomic E-state index is 0.0498. The van der Waals surface area contributed by atoms with Gasteiger partial charge in [-0.1, -0.05) is 0 Å². The number of methoxy groups -OCH3 is 2. The Hall–Kier alpha value is -2.44. The van der Waals surface area contributed by atoms with E-state index in [0.717, 1.165) is 29.9 Å². The third-order valence-corrected chi connectivity index (χ3v) is 4.19. The zero-order valence-electron chi connectivity index (χ0n) is 14.2. The van der Waals surface area contributed by atoms with Gasteiger partial charge in [-0.2, -0.15) is 0 Å². The molecule has 2 rings (SSSR count). The molecule has 7 nitrogen and oxygen atoms in total. The second-order valence-corrected chi connectivity index (χ2v) is 5.76. The Balaban J connectivity index is 2.07. The number of nitrogens with zero attached hydrogens (tertiary/aromatic N) is 1. The van der Waals surface area contributed by atoms with Gasteiger partial charge in [0, 0.05) is 25.1 Å². The molecule has 7 heteroatoms. The first-order chi connectivity index (χ1) is 11.6. The zero-order valence-corrected chi connectivity index (χ0v) is 14.2. The van der Waals surface area contributed by atoms with Gasteiger partial charge in [-0.25, -0.2) is 4.79 Å². The fraction of sp³-hybridized carbons (Fsp3) is 0.529. The van der Waals surface area contributed by atoms with E-state index in [2.05, 4.69) is 5.32 Å². The van der Waals surface area contributed by atoms with Crippen molar-refractivity contribution in [3.8, 4) is 11.5 Å². The summed E-state index contributed by atoms with van der Waals surface area (Å²) in [6.07, 6.45) is 2.62. The van der Waals surface area contributed by atoms with Crippen LogP contribution in [0.1, 0.15) is 37.3 Å². The number of amides is 3. The van der Waals surface area contributed by atoms with E-state index < -0.39 is 0 Å². The molecule has 0 bridgehead atoms. The molecule has 1 atom stereocenters. The number of urea groups is 1. The molecule has 24 heavy (non-hydrogen) atoms. The van der Waals surface area contributed by atoms with E-state index in [0.29, 0.717) is 19.5 Å². The average Bonchev–Trinajstić information content (AvgIpc) is 3.07. The van der Waals surface area contributed by atoms with Crippen molar-refractivity contribution in [2.45, 2.75) is 31.7 Å². The second kappa shape index (κ2) is 8.42. The van der Waals surface area contributed by atoms with E-state index in [-0.39, 0.29) is 24.4 Å². The SMILES string of the molecule is COc1ccc(OC)c(C2CCCN2C(=O)NCCCC(N)=O)c1. The first-order valence-electron chi connectivity index (χ1n) is 8.11. The second-order valence-electron chi connectivity index (χ2n) is 5.76.